The van der Waals surface area contributed by atoms with Crippen LogP contribution in [0.4, 0.5) is 11.5 Å². The lowest BCUT2D eigenvalue weighted by molar-refractivity contribution is -0.384. The fourth-order valence-electron chi connectivity index (χ4n) is 1.21. The summed E-state index contributed by atoms with van der Waals surface area (Å²) in [5.74, 6) is 0.574. The molecule has 1 heterocycles. The van der Waals surface area contributed by atoms with Gasteiger partial charge in [-0.3, -0.25) is 10.1 Å². The number of nitrogens with zero attached hydrogens (tertiary/aromatic N) is 2. The summed E-state index contributed by atoms with van der Waals surface area (Å²) in [6.45, 7) is 5.55. The Hall–Kier alpha value is -1.89. The Morgan fingerprint density at radius 3 is 2.72 bits per heavy atom. The van der Waals surface area contributed by atoms with Crippen molar-refractivity contribution in [3.8, 4) is 5.88 Å². The Balaban J connectivity index is 2.39. The molecule has 0 saturated carbocycles. The maximum absolute atomic E-state index is 10.5. The van der Waals surface area contributed by atoms with E-state index in [1.54, 1.807) is 0 Å². The molecule has 18 heavy (non-hydrogen) atoms. The number of pyridine rings is 1. The molecular formula is C11H17N3O4. The largest absolute Gasteiger partial charge is 0.475 e. The van der Waals surface area contributed by atoms with Crippen molar-refractivity contribution in [3.63, 3.8) is 0 Å². The van der Waals surface area contributed by atoms with Crippen molar-refractivity contribution in [2.24, 2.45) is 5.92 Å². The predicted octanol–water partition coefficient (Wildman–Crippen LogP) is 1.62. The van der Waals surface area contributed by atoms with Gasteiger partial charge in [-0.2, -0.15) is 4.98 Å². The quantitative estimate of drug-likeness (QED) is 0.451. The molecular weight excluding hydrogens is 238 g/mol. The van der Waals surface area contributed by atoms with Gasteiger partial charge in [0.15, 0.2) is 0 Å². The van der Waals surface area contributed by atoms with E-state index in [-0.39, 0.29) is 17.4 Å². The molecule has 0 spiro atoms. The Morgan fingerprint density at radius 1 is 1.44 bits per heavy atom. The highest BCUT2D eigenvalue weighted by molar-refractivity contribution is 5.53. The van der Waals surface area contributed by atoms with Crippen LogP contribution < -0.4 is 10.5 Å². The second-order valence-electron chi connectivity index (χ2n) is 4.13. The summed E-state index contributed by atoms with van der Waals surface area (Å²) in [5, 5.41) is 10.5. The van der Waals surface area contributed by atoms with Crippen LogP contribution in [0.5, 0.6) is 5.88 Å². The molecule has 0 aromatic carbocycles. The lowest BCUT2D eigenvalue weighted by Gasteiger charge is -2.08. The van der Waals surface area contributed by atoms with Crippen molar-refractivity contribution in [2.45, 2.75) is 13.8 Å². The van der Waals surface area contributed by atoms with Crippen molar-refractivity contribution in [2.75, 3.05) is 25.6 Å². The Kier molecular flexibility index (Phi) is 5.31. The van der Waals surface area contributed by atoms with Crippen LogP contribution in [0.3, 0.4) is 0 Å². The van der Waals surface area contributed by atoms with E-state index >= 15 is 0 Å². The van der Waals surface area contributed by atoms with Crippen molar-refractivity contribution in [1.29, 1.82) is 0 Å². The monoisotopic (exact) mass is 255 g/mol. The molecule has 1 rings (SSSR count). The molecule has 7 nitrogen and oxygen atoms in total. The molecule has 7 heteroatoms. The zero-order valence-corrected chi connectivity index (χ0v) is 10.5. The summed E-state index contributed by atoms with van der Waals surface area (Å²) >= 11 is 0. The van der Waals surface area contributed by atoms with Gasteiger partial charge in [0.25, 0.3) is 0 Å². The minimum absolute atomic E-state index is 0.152. The molecule has 0 unspecified atom stereocenters. The van der Waals surface area contributed by atoms with Gasteiger partial charge in [0.05, 0.1) is 11.5 Å². The first-order chi connectivity index (χ1) is 8.50. The molecule has 0 atom stereocenters. The number of aromatic nitrogens is 1. The van der Waals surface area contributed by atoms with E-state index in [2.05, 4.69) is 18.8 Å². The van der Waals surface area contributed by atoms with Gasteiger partial charge >= 0.3 is 5.69 Å². The summed E-state index contributed by atoms with van der Waals surface area (Å²) in [5.41, 5.74) is 5.20. The average molecular weight is 255 g/mol. The summed E-state index contributed by atoms with van der Waals surface area (Å²) in [7, 11) is 0. The fourth-order valence-corrected chi connectivity index (χ4v) is 1.21. The second-order valence-corrected chi connectivity index (χ2v) is 4.13. The number of anilines is 1. The van der Waals surface area contributed by atoms with Crippen LogP contribution in [-0.4, -0.2) is 29.7 Å². The van der Waals surface area contributed by atoms with Gasteiger partial charge in [-0.05, 0) is 5.92 Å². The molecule has 1 aromatic heterocycles. The van der Waals surface area contributed by atoms with E-state index < -0.39 is 4.92 Å². The number of rotatable bonds is 7. The molecule has 0 aliphatic rings. The Bertz CT molecular complexity index is 409. The minimum Gasteiger partial charge on any atom is -0.475 e. The minimum atomic E-state index is -0.585. The third kappa shape index (κ3) is 4.54. The number of hydrogen-bond donors (Lipinski definition) is 1. The van der Waals surface area contributed by atoms with E-state index in [1.165, 1.54) is 12.1 Å². The van der Waals surface area contributed by atoms with Crippen LogP contribution in [0.1, 0.15) is 13.8 Å². The number of hydrogen-bond acceptors (Lipinski definition) is 6. The van der Waals surface area contributed by atoms with Gasteiger partial charge < -0.3 is 15.2 Å². The molecule has 0 radical (unpaired) electrons. The molecule has 0 aliphatic heterocycles. The topological polar surface area (TPSA) is 101 Å². The van der Waals surface area contributed by atoms with Gasteiger partial charge in [-0.1, -0.05) is 13.8 Å². The molecule has 2 N–H and O–H groups in total. The highest BCUT2D eigenvalue weighted by Gasteiger charge is 2.13. The normalized spacial score (nSPS) is 10.6. The number of nitrogens with two attached hydrogens (primary N) is 1. The van der Waals surface area contributed by atoms with Crippen LogP contribution in [0.15, 0.2) is 12.1 Å². The van der Waals surface area contributed by atoms with Crippen LogP contribution >= 0.6 is 0 Å². The summed E-state index contributed by atoms with van der Waals surface area (Å²) < 4.78 is 10.6. The first-order valence-corrected chi connectivity index (χ1v) is 5.62. The molecule has 0 aliphatic carbocycles. The van der Waals surface area contributed by atoms with Gasteiger partial charge in [0, 0.05) is 18.7 Å². The van der Waals surface area contributed by atoms with E-state index in [9.17, 15) is 10.1 Å². The molecule has 0 amide bonds. The zero-order valence-electron chi connectivity index (χ0n) is 10.5. The molecule has 100 valence electrons. The molecule has 0 bridgehead atoms. The van der Waals surface area contributed by atoms with Gasteiger partial charge in [0.2, 0.25) is 11.7 Å². The van der Waals surface area contributed by atoms with Crippen LogP contribution in [0, 0.1) is 16.0 Å². The highest BCUT2D eigenvalue weighted by Crippen LogP contribution is 2.21. The Labute approximate surface area is 105 Å². The van der Waals surface area contributed by atoms with Crippen LogP contribution in [0.2, 0.25) is 0 Å². The molecule has 1 aromatic rings. The van der Waals surface area contributed by atoms with Crippen LogP contribution in [-0.2, 0) is 4.74 Å². The summed E-state index contributed by atoms with van der Waals surface area (Å²) in [6.07, 6.45) is 0. The Morgan fingerprint density at radius 2 is 2.17 bits per heavy atom. The maximum Gasteiger partial charge on any atom is 0.311 e. The number of nitro groups is 1. The van der Waals surface area contributed by atoms with Gasteiger partial charge in [0.1, 0.15) is 6.61 Å². The smallest absolute Gasteiger partial charge is 0.311 e. The lowest BCUT2D eigenvalue weighted by atomic mass is 10.2. The number of nitrogen functional groups attached to an aromatic ring is 1. The second kappa shape index (κ2) is 6.75. The van der Waals surface area contributed by atoms with Crippen molar-refractivity contribution in [1.82, 2.24) is 4.98 Å². The van der Waals surface area contributed by atoms with E-state index in [1.807, 2.05) is 0 Å². The van der Waals surface area contributed by atoms with Crippen molar-refractivity contribution >= 4 is 11.5 Å². The third-order valence-electron chi connectivity index (χ3n) is 2.00. The third-order valence-corrected chi connectivity index (χ3v) is 2.00. The molecule has 0 saturated heterocycles. The van der Waals surface area contributed by atoms with Gasteiger partial charge in [-0.15, -0.1) is 0 Å². The first-order valence-electron chi connectivity index (χ1n) is 5.62. The van der Waals surface area contributed by atoms with E-state index in [4.69, 9.17) is 15.2 Å². The van der Waals surface area contributed by atoms with E-state index in [0.29, 0.717) is 25.7 Å². The average Bonchev–Trinajstić information content (AvgIpc) is 2.27. The predicted molar refractivity (Wildman–Crippen MR) is 66.5 cm³/mol. The SMILES string of the molecule is CC(C)COCCOc1ccc([N+](=O)[O-])c(N)n1. The fraction of sp³-hybridized carbons (Fsp3) is 0.545. The lowest BCUT2D eigenvalue weighted by Crippen LogP contribution is -2.11. The molecule has 0 fully saturated rings. The van der Waals surface area contributed by atoms with Crippen LogP contribution in [0.25, 0.3) is 0 Å². The first kappa shape index (κ1) is 14.2. The summed E-state index contributed by atoms with van der Waals surface area (Å²) in [4.78, 5) is 13.7. The number of ether oxygens (including phenoxy) is 2. The summed E-state index contributed by atoms with van der Waals surface area (Å²) in [6, 6.07) is 2.68. The zero-order chi connectivity index (χ0) is 13.5. The highest BCUT2D eigenvalue weighted by atomic mass is 16.6. The van der Waals surface area contributed by atoms with E-state index in [0.717, 1.165) is 0 Å². The maximum atomic E-state index is 10.5. The van der Waals surface area contributed by atoms with Crippen molar-refractivity contribution < 1.29 is 14.4 Å². The standard InChI is InChI=1S/C11H17N3O4/c1-8(2)7-17-5-6-18-10-4-3-9(14(15)16)11(12)13-10/h3-4,8H,5-7H2,1-2H3,(H2,12,13). The van der Waals surface area contributed by atoms with Gasteiger partial charge in [-0.25, -0.2) is 0 Å². The van der Waals surface area contributed by atoms with Crippen molar-refractivity contribution in [3.05, 3.63) is 22.2 Å².